The van der Waals surface area contributed by atoms with Crippen molar-refractivity contribution in [2.75, 3.05) is 0 Å². The number of aryl methyl sites for hydroxylation is 1. The van der Waals surface area contributed by atoms with Crippen molar-refractivity contribution in [2.24, 2.45) is 0 Å². The van der Waals surface area contributed by atoms with Gasteiger partial charge in [-0.05, 0) is 30.2 Å². The molecule has 0 bridgehead atoms. The Morgan fingerprint density at radius 1 is 1.30 bits per heavy atom. The molecule has 0 aliphatic heterocycles. The highest BCUT2D eigenvalue weighted by Gasteiger charge is 2.09. The zero-order valence-corrected chi connectivity index (χ0v) is 13.1. The minimum absolute atomic E-state index is 0.469. The molecule has 0 aliphatic carbocycles. The van der Waals surface area contributed by atoms with Crippen molar-refractivity contribution in [1.29, 1.82) is 0 Å². The van der Waals surface area contributed by atoms with Crippen molar-refractivity contribution in [3.63, 3.8) is 0 Å². The van der Waals surface area contributed by atoms with E-state index < -0.39 is 0 Å². The van der Waals surface area contributed by atoms with E-state index in [4.69, 9.17) is 11.6 Å². The molecule has 0 radical (unpaired) electrons. The first-order valence-corrected chi connectivity index (χ1v) is 7.48. The molecule has 2 rings (SSSR count). The maximum atomic E-state index is 6.15. The fraction of sp³-hybridized carbons (Fsp3) is 0.438. The lowest BCUT2D eigenvalue weighted by atomic mass is 10.0. The van der Waals surface area contributed by atoms with Crippen LogP contribution in [0.2, 0.25) is 5.02 Å². The van der Waals surface area contributed by atoms with E-state index in [1.807, 2.05) is 24.5 Å². The van der Waals surface area contributed by atoms with Crippen molar-refractivity contribution in [3.8, 4) is 0 Å². The largest absolute Gasteiger partial charge is 0.335 e. The Bertz CT molecular complexity index is 561. The summed E-state index contributed by atoms with van der Waals surface area (Å²) >= 11 is 6.15. The van der Waals surface area contributed by atoms with Crippen molar-refractivity contribution < 1.29 is 0 Å². The zero-order valence-electron chi connectivity index (χ0n) is 12.4. The number of nitrogens with one attached hydrogen (secondary N) is 1. The summed E-state index contributed by atoms with van der Waals surface area (Å²) in [5.74, 6) is 1.08. The summed E-state index contributed by atoms with van der Waals surface area (Å²) in [6.45, 7) is 8.23. The summed E-state index contributed by atoms with van der Waals surface area (Å²) in [6, 6.07) is 6.57. The predicted molar refractivity (Wildman–Crippen MR) is 84.1 cm³/mol. The summed E-state index contributed by atoms with van der Waals surface area (Å²) in [5, 5.41) is 4.24. The minimum atomic E-state index is 0.469. The molecule has 0 fully saturated rings. The Balaban J connectivity index is 2.22. The molecule has 0 atom stereocenters. The third-order valence-electron chi connectivity index (χ3n) is 3.36. The number of rotatable bonds is 6. The molecule has 0 aliphatic rings. The van der Waals surface area contributed by atoms with Gasteiger partial charge in [0.2, 0.25) is 0 Å². The van der Waals surface area contributed by atoms with Crippen LogP contribution in [0.25, 0.3) is 0 Å². The third-order valence-corrected chi connectivity index (χ3v) is 3.60. The van der Waals surface area contributed by atoms with Crippen molar-refractivity contribution in [1.82, 2.24) is 14.9 Å². The first-order valence-electron chi connectivity index (χ1n) is 7.10. The molecule has 1 N–H and O–H groups in total. The molecule has 1 aromatic carbocycles. The smallest absolute Gasteiger partial charge is 0.113 e. The standard InChI is InChI=1S/C16H22ClN3/c1-4-20-8-7-18-16(20)10-14-9-15(17)6-5-13(14)11-19-12(2)3/h5-9,12,19H,4,10-11H2,1-3H3. The van der Waals surface area contributed by atoms with Gasteiger partial charge in [0.15, 0.2) is 0 Å². The van der Waals surface area contributed by atoms with Crippen LogP contribution in [-0.2, 0) is 19.5 Å². The van der Waals surface area contributed by atoms with E-state index in [2.05, 4.69) is 41.7 Å². The van der Waals surface area contributed by atoms with Gasteiger partial charge in [0.1, 0.15) is 5.82 Å². The van der Waals surface area contributed by atoms with Crippen LogP contribution in [0.3, 0.4) is 0 Å². The maximum Gasteiger partial charge on any atom is 0.113 e. The second-order valence-electron chi connectivity index (χ2n) is 5.25. The SMILES string of the molecule is CCn1ccnc1Cc1cc(Cl)ccc1CNC(C)C. The highest BCUT2D eigenvalue weighted by Crippen LogP contribution is 2.19. The molecule has 1 aromatic heterocycles. The molecule has 0 unspecified atom stereocenters. The Labute approximate surface area is 126 Å². The first kappa shape index (κ1) is 15.1. The molecule has 20 heavy (non-hydrogen) atoms. The molecule has 0 saturated carbocycles. The van der Waals surface area contributed by atoms with Gasteiger partial charge in [0, 0.05) is 43.0 Å². The normalized spacial score (nSPS) is 11.2. The summed E-state index contributed by atoms with van der Waals surface area (Å²) in [6.07, 6.45) is 4.69. The van der Waals surface area contributed by atoms with Crippen LogP contribution in [0, 0.1) is 0 Å². The summed E-state index contributed by atoms with van der Waals surface area (Å²) < 4.78 is 2.17. The fourth-order valence-electron chi connectivity index (χ4n) is 2.21. The van der Waals surface area contributed by atoms with Gasteiger partial charge in [-0.1, -0.05) is 31.5 Å². The van der Waals surface area contributed by atoms with E-state index in [1.54, 1.807) is 0 Å². The molecule has 0 amide bonds. The van der Waals surface area contributed by atoms with E-state index >= 15 is 0 Å². The number of aromatic nitrogens is 2. The fourth-order valence-corrected chi connectivity index (χ4v) is 2.41. The van der Waals surface area contributed by atoms with Crippen LogP contribution in [0.5, 0.6) is 0 Å². The van der Waals surface area contributed by atoms with Gasteiger partial charge in [-0.3, -0.25) is 0 Å². The molecule has 0 spiro atoms. The van der Waals surface area contributed by atoms with Crippen LogP contribution in [0.1, 0.15) is 37.7 Å². The van der Waals surface area contributed by atoms with E-state index in [9.17, 15) is 0 Å². The first-order chi connectivity index (χ1) is 9.60. The molecule has 2 aromatic rings. The topological polar surface area (TPSA) is 29.9 Å². The summed E-state index contributed by atoms with van der Waals surface area (Å²) in [4.78, 5) is 4.45. The van der Waals surface area contributed by atoms with E-state index in [0.29, 0.717) is 6.04 Å². The quantitative estimate of drug-likeness (QED) is 0.880. The van der Waals surface area contributed by atoms with Gasteiger partial charge < -0.3 is 9.88 Å². The molecule has 3 nitrogen and oxygen atoms in total. The average molecular weight is 292 g/mol. The highest BCUT2D eigenvalue weighted by atomic mass is 35.5. The van der Waals surface area contributed by atoms with E-state index in [-0.39, 0.29) is 0 Å². The molecule has 108 valence electrons. The zero-order chi connectivity index (χ0) is 14.5. The van der Waals surface area contributed by atoms with Gasteiger partial charge in [0.25, 0.3) is 0 Å². The molecular formula is C16H22ClN3. The number of benzene rings is 1. The van der Waals surface area contributed by atoms with Crippen LogP contribution in [0.15, 0.2) is 30.6 Å². The van der Waals surface area contributed by atoms with Crippen LogP contribution < -0.4 is 5.32 Å². The van der Waals surface area contributed by atoms with Gasteiger partial charge in [0.05, 0.1) is 0 Å². The van der Waals surface area contributed by atoms with E-state index in [1.165, 1.54) is 11.1 Å². The van der Waals surface area contributed by atoms with Crippen molar-refractivity contribution >= 4 is 11.6 Å². The number of hydrogen-bond acceptors (Lipinski definition) is 2. The third kappa shape index (κ3) is 3.84. The number of hydrogen-bond donors (Lipinski definition) is 1. The molecule has 0 saturated heterocycles. The van der Waals surface area contributed by atoms with Crippen molar-refractivity contribution in [2.45, 2.75) is 46.3 Å². The van der Waals surface area contributed by atoms with Gasteiger partial charge in [-0.25, -0.2) is 4.98 Å². The lowest BCUT2D eigenvalue weighted by molar-refractivity contribution is 0.586. The minimum Gasteiger partial charge on any atom is -0.335 e. The second kappa shape index (κ2) is 6.91. The summed E-state index contributed by atoms with van der Waals surface area (Å²) in [5.41, 5.74) is 2.53. The lowest BCUT2D eigenvalue weighted by Crippen LogP contribution is -2.22. The van der Waals surface area contributed by atoms with Crippen molar-refractivity contribution in [3.05, 3.63) is 52.6 Å². The Kier molecular flexibility index (Phi) is 5.21. The van der Waals surface area contributed by atoms with Gasteiger partial charge in [-0.2, -0.15) is 0 Å². The number of nitrogens with zero attached hydrogens (tertiary/aromatic N) is 2. The molecule has 1 heterocycles. The van der Waals surface area contributed by atoms with Gasteiger partial charge >= 0.3 is 0 Å². The average Bonchev–Trinajstić information content (AvgIpc) is 2.85. The molecular weight excluding hydrogens is 270 g/mol. The Hall–Kier alpha value is -1.32. The number of imidazole rings is 1. The van der Waals surface area contributed by atoms with E-state index in [0.717, 1.165) is 30.4 Å². The van der Waals surface area contributed by atoms with Crippen LogP contribution in [-0.4, -0.2) is 15.6 Å². The van der Waals surface area contributed by atoms with Crippen LogP contribution >= 0.6 is 11.6 Å². The maximum absolute atomic E-state index is 6.15. The summed E-state index contributed by atoms with van der Waals surface area (Å²) in [7, 11) is 0. The number of halogens is 1. The second-order valence-corrected chi connectivity index (χ2v) is 5.69. The Morgan fingerprint density at radius 2 is 2.10 bits per heavy atom. The monoisotopic (exact) mass is 291 g/mol. The predicted octanol–water partition coefficient (Wildman–Crippen LogP) is 3.65. The lowest BCUT2D eigenvalue weighted by Gasteiger charge is -2.13. The molecule has 4 heteroatoms. The Morgan fingerprint density at radius 3 is 2.80 bits per heavy atom. The highest BCUT2D eigenvalue weighted by molar-refractivity contribution is 6.30. The van der Waals surface area contributed by atoms with Crippen LogP contribution in [0.4, 0.5) is 0 Å². The van der Waals surface area contributed by atoms with Gasteiger partial charge in [-0.15, -0.1) is 0 Å².